The lowest BCUT2D eigenvalue weighted by molar-refractivity contribution is 0.512. The van der Waals surface area contributed by atoms with E-state index >= 15 is 0 Å². The molecule has 1 saturated carbocycles. The van der Waals surface area contributed by atoms with Gasteiger partial charge in [-0.1, -0.05) is 0 Å². The summed E-state index contributed by atoms with van der Waals surface area (Å²) in [5.41, 5.74) is 0. The van der Waals surface area contributed by atoms with Gasteiger partial charge in [-0.2, -0.15) is 0 Å². The van der Waals surface area contributed by atoms with Crippen LogP contribution < -0.4 is 0 Å². The topological polar surface area (TPSA) is 13.1 Å². The van der Waals surface area contributed by atoms with Crippen LogP contribution in [0, 0.1) is 0 Å². The van der Waals surface area contributed by atoms with Crippen molar-refractivity contribution >= 4 is 0 Å². The summed E-state index contributed by atoms with van der Waals surface area (Å²) < 4.78 is 5.16. The summed E-state index contributed by atoms with van der Waals surface area (Å²) in [6.07, 6.45) is 4.40. The SMILES string of the molecule is c1coc(C2CC2)c1. The maximum absolute atomic E-state index is 5.16. The van der Waals surface area contributed by atoms with E-state index in [-0.39, 0.29) is 0 Å². The molecule has 0 spiro atoms. The van der Waals surface area contributed by atoms with Gasteiger partial charge >= 0.3 is 0 Å². The Morgan fingerprint density at radius 2 is 2.38 bits per heavy atom. The second-order valence-corrected chi connectivity index (χ2v) is 2.29. The standard InChI is InChI=1S/C7H8O/c1-2-7(8-5-1)6-3-4-6/h1-2,5-6H,3-4H2. The first-order valence-corrected chi connectivity index (χ1v) is 3.00. The summed E-state index contributed by atoms with van der Waals surface area (Å²) in [7, 11) is 0. The van der Waals surface area contributed by atoms with Crippen LogP contribution in [0.4, 0.5) is 0 Å². The van der Waals surface area contributed by atoms with Crippen molar-refractivity contribution in [1.82, 2.24) is 0 Å². The van der Waals surface area contributed by atoms with Crippen molar-refractivity contribution in [1.29, 1.82) is 0 Å². The summed E-state index contributed by atoms with van der Waals surface area (Å²) in [4.78, 5) is 0. The second-order valence-electron chi connectivity index (χ2n) is 2.29. The van der Waals surface area contributed by atoms with E-state index < -0.39 is 0 Å². The van der Waals surface area contributed by atoms with Crippen molar-refractivity contribution in [2.45, 2.75) is 18.8 Å². The summed E-state index contributed by atoms with van der Waals surface area (Å²) in [5, 5.41) is 0. The van der Waals surface area contributed by atoms with Crippen LogP contribution in [0.3, 0.4) is 0 Å². The third-order valence-electron chi connectivity index (χ3n) is 1.52. The van der Waals surface area contributed by atoms with Crippen LogP contribution in [0.2, 0.25) is 0 Å². The lowest BCUT2D eigenvalue weighted by Crippen LogP contribution is -1.66. The Labute approximate surface area is 48.3 Å². The Bertz CT molecular complexity index is 161. The van der Waals surface area contributed by atoms with E-state index in [1.165, 1.54) is 18.6 Å². The summed E-state index contributed by atoms with van der Waals surface area (Å²) >= 11 is 0. The normalized spacial score (nSPS) is 19.0. The molecule has 0 N–H and O–H groups in total. The van der Waals surface area contributed by atoms with Crippen molar-refractivity contribution in [3.63, 3.8) is 0 Å². The Morgan fingerprint density at radius 3 is 2.88 bits per heavy atom. The lowest BCUT2D eigenvalue weighted by atomic mass is 10.3. The number of rotatable bonds is 1. The molecule has 0 atom stereocenters. The van der Waals surface area contributed by atoms with E-state index in [9.17, 15) is 0 Å². The molecule has 0 saturated heterocycles. The molecule has 8 heavy (non-hydrogen) atoms. The predicted molar refractivity (Wildman–Crippen MR) is 30.7 cm³/mol. The largest absolute Gasteiger partial charge is 0.469 e. The minimum Gasteiger partial charge on any atom is -0.469 e. The van der Waals surface area contributed by atoms with Crippen molar-refractivity contribution in [2.75, 3.05) is 0 Å². The molecular weight excluding hydrogens is 100 g/mol. The van der Waals surface area contributed by atoms with Gasteiger partial charge in [0.1, 0.15) is 5.76 Å². The Kier molecular flexibility index (Phi) is 0.720. The maximum atomic E-state index is 5.16. The fourth-order valence-corrected chi connectivity index (χ4v) is 0.891. The van der Waals surface area contributed by atoms with Gasteiger partial charge in [0.2, 0.25) is 0 Å². The molecular formula is C7H8O. The van der Waals surface area contributed by atoms with Gasteiger partial charge in [0.05, 0.1) is 6.26 Å². The molecule has 1 aliphatic rings. The molecule has 1 aromatic rings. The zero-order valence-corrected chi connectivity index (χ0v) is 4.63. The first-order valence-electron chi connectivity index (χ1n) is 3.00. The molecule has 1 fully saturated rings. The molecule has 42 valence electrons. The van der Waals surface area contributed by atoms with Crippen LogP contribution in [0.5, 0.6) is 0 Å². The highest BCUT2D eigenvalue weighted by atomic mass is 16.3. The molecule has 0 amide bonds. The molecule has 2 rings (SSSR count). The first kappa shape index (κ1) is 4.19. The number of hydrogen-bond acceptors (Lipinski definition) is 1. The van der Waals surface area contributed by atoms with Crippen molar-refractivity contribution in [2.24, 2.45) is 0 Å². The van der Waals surface area contributed by atoms with Gasteiger partial charge in [0.15, 0.2) is 0 Å². The van der Waals surface area contributed by atoms with Crippen molar-refractivity contribution in [3.8, 4) is 0 Å². The summed E-state index contributed by atoms with van der Waals surface area (Å²) in [6.45, 7) is 0. The smallest absolute Gasteiger partial charge is 0.106 e. The van der Waals surface area contributed by atoms with Gasteiger partial charge < -0.3 is 4.42 Å². The average Bonchev–Trinajstić information content (AvgIpc) is 2.49. The predicted octanol–water partition coefficient (Wildman–Crippen LogP) is 2.16. The highest BCUT2D eigenvalue weighted by molar-refractivity contribution is 5.10. The van der Waals surface area contributed by atoms with Crippen molar-refractivity contribution in [3.05, 3.63) is 24.2 Å². The van der Waals surface area contributed by atoms with E-state index in [2.05, 4.69) is 6.07 Å². The third-order valence-corrected chi connectivity index (χ3v) is 1.52. The van der Waals surface area contributed by atoms with Crippen LogP contribution in [0.1, 0.15) is 24.5 Å². The van der Waals surface area contributed by atoms with Crippen LogP contribution in [-0.2, 0) is 0 Å². The van der Waals surface area contributed by atoms with E-state index in [0.29, 0.717) is 0 Å². The Balaban J connectivity index is 2.28. The minimum absolute atomic E-state index is 0.769. The fourth-order valence-electron chi connectivity index (χ4n) is 0.891. The van der Waals surface area contributed by atoms with Gasteiger partial charge in [0.25, 0.3) is 0 Å². The maximum Gasteiger partial charge on any atom is 0.106 e. The summed E-state index contributed by atoms with van der Waals surface area (Å²) in [5.74, 6) is 1.94. The van der Waals surface area contributed by atoms with Gasteiger partial charge in [-0.25, -0.2) is 0 Å². The average molecular weight is 108 g/mol. The van der Waals surface area contributed by atoms with Gasteiger partial charge in [-0.15, -0.1) is 0 Å². The minimum atomic E-state index is 0.769. The monoisotopic (exact) mass is 108 g/mol. The van der Waals surface area contributed by atoms with Crippen LogP contribution >= 0.6 is 0 Å². The molecule has 0 aliphatic heterocycles. The third kappa shape index (κ3) is 0.548. The first-order chi connectivity index (χ1) is 3.97. The van der Waals surface area contributed by atoms with E-state index in [4.69, 9.17) is 4.42 Å². The molecule has 1 heterocycles. The van der Waals surface area contributed by atoms with Crippen molar-refractivity contribution < 1.29 is 4.42 Å². The fraction of sp³-hybridized carbons (Fsp3) is 0.429. The second kappa shape index (κ2) is 1.38. The van der Waals surface area contributed by atoms with Gasteiger partial charge in [-0.05, 0) is 25.0 Å². The lowest BCUT2D eigenvalue weighted by Gasteiger charge is -1.82. The Hall–Kier alpha value is -0.720. The number of hydrogen-bond donors (Lipinski definition) is 0. The van der Waals surface area contributed by atoms with Crippen LogP contribution in [-0.4, -0.2) is 0 Å². The molecule has 1 nitrogen and oxygen atoms in total. The zero-order chi connectivity index (χ0) is 5.40. The Morgan fingerprint density at radius 1 is 1.50 bits per heavy atom. The molecule has 1 heteroatoms. The quantitative estimate of drug-likeness (QED) is 0.537. The molecule has 0 unspecified atom stereocenters. The highest BCUT2D eigenvalue weighted by Gasteiger charge is 2.25. The molecule has 0 radical (unpaired) electrons. The van der Waals surface area contributed by atoms with E-state index in [1.807, 2.05) is 6.07 Å². The van der Waals surface area contributed by atoms with Gasteiger partial charge in [-0.3, -0.25) is 0 Å². The van der Waals surface area contributed by atoms with Crippen LogP contribution in [0.15, 0.2) is 22.8 Å². The van der Waals surface area contributed by atoms with E-state index in [1.54, 1.807) is 6.26 Å². The highest BCUT2D eigenvalue weighted by Crippen LogP contribution is 2.39. The molecule has 1 aliphatic carbocycles. The van der Waals surface area contributed by atoms with Crippen LogP contribution in [0.25, 0.3) is 0 Å². The number of furan rings is 1. The zero-order valence-electron chi connectivity index (χ0n) is 4.63. The molecule has 0 aromatic carbocycles. The van der Waals surface area contributed by atoms with E-state index in [0.717, 1.165) is 5.92 Å². The molecule has 0 bridgehead atoms. The van der Waals surface area contributed by atoms with Gasteiger partial charge in [0, 0.05) is 5.92 Å². The summed E-state index contributed by atoms with van der Waals surface area (Å²) in [6, 6.07) is 4.01. The molecule has 1 aromatic heterocycles.